The molecule has 96 valence electrons. The molecule has 1 fully saturated rings. The monoisotopic (exact) mass is 247 g/mol. The highest BCUT2D eigenvalue weighted by molar-refractivity contribution is 4.94. The number of rotatable bonds is 4. The zero-order valence-electron chi connectivity index (χ0n) is 10.7. The predicted molar refractivity (Wildman–Crippen MR) is 65.8 cm³/mol. The van der Waals surface area contributed by atoms with Gasteiger partial charge >= 0.3 is 0 Å². The first-order valence-corrected chi connectivity index (χ1v) is 6.43. The van der Waals surface area contributed by atoms with Crippen LogP contribution >= 0.6 is 0 Å². The molecule has 2 aromatic heterocycles. The molecule has 0 amide bonds. The molecule has 1 aliphatic heterocycles. The van der Waals surface area contributed by atoms with Crippen molar-refractivity contribution in [1.82, 2.24) is 24.9 Å². The fourth-order valence-electron chi connectivity index (χ4n) is 2.42. The standard InChI is InChI=1S/C12H19N6/c1-16-5-6-17(10-16)7-12-9-18(15-14-12)8-11-3-2-4-13-11/h5-6,9-11,13H,2-4,7-8H2,1H3/q+1/t11-/m0/s1. The van der Waals surface area contributed by atoms with E-state index in [-0.39, 0.29) is 0 Å². The normalized spacial score (nSPS) is 19.5. The van der Waals surface area contributed by atoms with E-state index in [4.69, 9.17) is 0 Å². The van der Waals surface area contributed by atoms with Gasteiger partial charge in [-0.05, 0) is 19.4 Å². The lowest BCUT2D eigenvalue weighted by atomic mass is 10.2. The van der Waals surface area contributed by atoms with Gasteiger partial charge in [0.25, 0.3) is 0 Å². The molecule has 6 heteroatoms. The summed E-state index contributed by atoms with van der Waals surface area (Å²) < 4.78 is 6.07. The molecule has 6 nitrogen and oxygen atoms in total. The summed E-state index contributed by atoms with van der Waals surface area (Å²) in [5.41, 5.74) is 1.00. The van der Waals surface area contributed by atoms with Gasteiger partial charge in [0.2, 0.25) is 6.33 Å². The van der Waals surface area contributed by atoms with Crippen LogP contribution in [0.4, 0.5) is 0 Å². The molecule has 1 N–H and O–H groups in total. The van der Waals surface area contributed by atoms with Gasteiger partial charge in [-0.25, -0.2) is 9.13 Å². The van der Waals surface area contributed by atoms with Crippen LogP contribution in [0.25, 0.3) is 0 Å². The minimum Gasteiger partial charge on any atom is -0.312 e. The fraction of sp³-hybridized carbons (Fsp3) is 0.583. The van der Waals surface area contributed by atoms with E-state index < -0.39 is 0 Å². The lowest BCUT2D eigenvalue weighted by Crippen LogP contribution is -2.26. The molecular weight excluding hydrogens is 228 g/mol. The smallest absolute Gasteiger partial charge is 0.243 e. The van der Waals surface area contributed by atoms with E-state index in [2.05, 4.69) is 20.2 Å². The molecule has 3 heterocycles. The predicted octanol–water partition coefficient (Wildman–Crippen LogP) is -0.296. The largest absolute Gasteiger partial charge is 0.312 e. The highest BCUT2D eigenvalue weighted by Gasteiger charge is 2.15. The number of aryl methyl sites for hydroxylation is 1. The summed E-state index contributed by atoms with van der Waals surface area (Å²) in [6.07, 6.45) is 10.6. The van der Waals surface area contributed by atoms with Gasteiger partial charge in [-0.3, -0.25) is 4.68 Å². The van der Waals surface area contributed by atoms with Gasteiger partial charge in [0, 0.05) is 6.04 Å². The molecule has 0 saturated carbocycles. The molecule has 0 radical (unpaired) electrons. The Kier molecular flexibility index (Phi) is 3.10. The maximum absolute atomic E-state index is 4.22. The van der Waals surface area contributed by atoms with Crippen molar-refractivity contribution >= 4 is 0 Å². The van der Waals surface area contributed by atoms with Gasteiger partial charge in [0.1, 0.15) is 24.6 Å². The van der Waals surface area contributed by atoms with Crippen LogP contribution in [0.15, 0.2) is 24.9 Å². The first kappa shape index (κ1) is 11.4. The molecule has 18 heavy (non-hydrogen) atoms. The SMILES string of the molecule is C[n+]1ccn(Cc2cn(C[C@@H]3CCCN3)nn2)c1. The highest BCUT2D eigenvalue weighted by atomic mass is 15.4. The maximum Gasteiger partial charge on any atom is 0.243 e. The van der Waals surface area contributed by atoms with Crippen LogP contribution in [-0.4, -0.2) is 32.1 Å². The van der Waals surface area contributed by atoms with Crippen molar-refractivity contribution in [3.8, 4) is 0 Å². The zero-order chi connectivity index (χ0) is 12.4. The second-order valence-electron chi connectivity index (χ2n) is 4.98. The topological polar surface area (TPSA) is 51.5 Å². The third-order valence-corrected chi connectivity index (χ3v) is 3.32. The second kappa shape index (κ2) is 4.89. The van der Waals surface area contributed by atoms with Crippen molar-refractivity contribution < 1.29 is 4.57 Å². The number of aromatic nitrogens is 5. The van der Waals surface area contributed by atoms with Crippen LogP contribution in [-0.2, 0) is 20.1 Å². The highest BCUT2D eigenvalue weighted by Crippen LogP contribution is 2.07. The molecule has 0 unspecified atom stereocenters. The van der Waals surface area contributed by atoms with Crippen molar-refractivity contribution in [2.75, 3.05) is 6.54 Å². The van der Waals surface area contributed by atoms with Gasteiger partial charge in [-0.2, -0.15) is 0 Å². The molecular formula is C12H19N6+. The Morgan fingerprint density at radius 3 is 3.22 bits per heavy atom. The van der Waals surface area contributed by atoms with Crippen LogP contribution < -0.4 is 9.88 Å². The van der Waals surface area contributed by atoms with Gasteiger partial charge in [0.15, 0.2) is 0 Å². The number of hydrogen-bond donors (Lipinski definition) is 1. The number of imidazole rings is 1. The third-order valence-electron chi connectivity index (χ3n) is 3.32. The minimum atomic E-state index is 0.559. The molecule has 0 aromatic carbocycles. The van der Waals surface area contributed by atoms with Crippen molar-refractivity contribution in [3.63, 3.8) is 0 Å². The second-order valence-corrected chi connectivity index (χ2v) is 4.98. The van der Waals surface area contributed by atoms with E-state index in [1.54, 1.807) is 0 Å². The van der Waals surface area contributed by atoms with E-state index in [0.717, 1.165) is 25.3 Å². The van der Waals surface area contributed by atoms with E-state index in [0.29, 0.717) is 6.04 Å². The van der Waals surface area contributed by atoms with Crippen LogP contribution in [0.3, 0.4) is 0 Å². The zero-order valence-corrected chi connectivity index (χ0v) is 10.7. The van der Waals surface area contributed by atoms with Crippen LogP contribution in [0.5, 0.6) is 0 Å². The molecule has 0 bridgehead atoms. The summed E-state index contributed by atoms with van der Waals surface area (Å²) >= 11 is 0. The van der Waals surface area contributed by atoms with E-state index >= 15 is 0 Å². The molecule has 0 aliphatic carbocycles. The van der Waals surface area contributed by atoms with Gasteiger partial charge in [0.05, 0.1) is 19.8 Å². The minimum absolute atomic E-state index is 0.559. The average Bonchev–Trinajstić information content (AvgIpc) is 3.04. The Bertz CT molecular complexity index is 508. The van der Waals surface area contributed by atoms with Crippen LogP contribution in [0.1, 0.15) is 18.5 Å². The molecule has 1 saturated heterocycles. The van der Waals surface area contributed by atoms with Crippen molar-refractivity contribution in [3.05, 3.63) is 30.6 Å². The molecule has 1 aliphatic rings. The van der Waals surface area contributed by atoms with Crippen molar-refractivity contribution in [1.29, 1.82) is 0 Å². The van der Waals surface area contributed by atoms with Crippen LogP contribution in [0.2, 0.25) is 0 Å². The number of hydrogen-bond acceptors (Lipinski definition) is 3. The lowest BCUT2D eigenvalue weighted by molar-refractivity contribution is -0.671. The Labute approximate surface area is 106 Å². The summed E-state index contributed by atoms with van der Waals surface area (Å²) in [6.45, 7) is 2.83. The van der Waals surface area contributed by atoms with E-state index in [9.17, 15) is 0 Å². The van der Waals surface area contributed by atoms with Gasteiger partial charge in [-0.15, -0.1) is 5.10 Å². The average molecular weight is 247 g/mol. The van der Waals surface area contributed by atoms with Gasteiger partial charge in [-0.1, -0.05) is 5.21 Å². The molecule has 2 aromatic rings. The molecule has 0 spiro atoms. The Hall–Kier alpha value is -1.69. The van der Waals surface area contributed by atoms with Crippen molar-refractivity contribution in [2.24, 2.45) is 7.05 Å². The molecule has 3 rings (SSSR count). The summed E-state index contributed by atoms with van der Waals surface area (Å²) in [6, 6.07) is 0.559. The summed E-state index contributed by atoms with van der Waals surface area (Å²) in [7, 11) is 2.01. The third kappa shape index (κ3) is 2.59. The van der Waals surface area contributed by atoms with E-state index in [1.165, 1.54) is 12.8 Å². The number of nitrogens with zero attached hydrogens (tertiary/aromatic N) is 5. The Morgan fingerprint density at radius 1 is 1.56 bits per heavy atom. The summed E-state index contributed by atoms with van der Waals surface area (Å²) in [5.74, 6) is 0. The fourth-order valence-corrected chi connectivity index (χ4v) is 2.42. The number of nitrogens with one attached hydrogen (secondary N) is 1. The summed E-state index contributed by atoms with van der Waals surface area (Å²) in [5, 5.41) is 11.9. The van der Waals surface area contributed by atoms with Crippen LogP contribution in [0, 0.1) is 0 Å². The maximum atomic E-state index is 4.22. The Morgan fingerprint density at radius 2 is 2.50 bits per heavy atom. The first-order valence-electron chi connectivity index (χ1n) is 6.43. The summed E-state index contributed by atoms with van der Waals surface area (Å²) in [4.78, 5) is 0. The quantitative estimate of drug-likeness (QED) is 0.755. The Balaban J connectivity index is 1.62. The molecule has 1 atom stereocenters. The van der Waals surface area contributed by atoms with Gasteiger partial charge < -0.3 is 5.32 Å². The van der Waals surface area contributed by atoms with Crippen molar-refractivity contribution in [2.45, 2.75) is 32.0 Å². The van der Waals surface area contributed by atoms with E-state index in [1.807, 2.05) is 41.2 Å². The first-order chi connectivity index (χ1) is 8.79. The lowest BCUT2D eigenvalue weighted by Gasteiger charge is -2.08.